The van der Waals surface area contributed by atoms with E-state index in [2.05, 4.69) is 24.4 Å². The number of nitrogens with one attached hydrogen (secondary N) is 1. The SMILES string of the molecule is CC(NC(CO)Cc1ccccc1)c1ccoc1. The highest BCUT2D eigenvalue weighted by Crippen LogP contribution is 2.14. The van der Waals surface area contributed by atoms with Crippen LogP contribution in [0, 0.1) is 0 Å². The fourth-order valence-electron chi connectivity index (χ4n) is 2.05. The number of hydrogen-bond acceptors (Lipinski definition) is 3. The minimum Gasteiger partial charge on any atom is -0.472 e. The number of aliphatic hydroxyl groups is 1. The van der Waals surface area contributed by atoms with E-state index in [-0.39, 0.29) is 18.7 Å². The topological polar surface area (TPSA) is 45.4 Å². The molecule has 3 heteroatoms. The van der Waals surface area contributed by atoms with Gasteiger partial charge in [-0.15, -0.1) is 0 Å². The Labute approximate surface area is 107 Å². The molecule has 0 spiro atoms. The first-order chi connectivity index (χ1) is 8.79. The summed E-state index contributed by atoms with van der Waals surface area (Å²) < 4.78 is 5.07. The van der Waals surface area contributed by atoms with E-state index in [1.165, 1.54) is 5.56 Å². The van der Waals surface area contributed by atoms with Crippen LogP contribution < -0.4 is 5.32 Å². The number of rotatable bonds is 6. The Balaban J connectivity index is 1.93. The van der Waals surface area contributed by atoms with Crippen LogP contribution in [-0.2, 0) is 6.42 Å². The quantitative estimate of drug-likeness (QED) is 0.822. The molecule has 1 aromatic carbocycles. The maximum Gasteiger partial charge on any atom is 0.0950 e. The molecule has 0 saturated carbocycles. The fraction of sp³-hybridized carbons (Fsp3) is 0.333. The van der Waals surface area contributed by atoms with Crippen molar-refractivity contribution in [3.63, 3.8) is 0 Å². The molecule has 0 fully saturated rings. The molecule has 0 saturated heterocycles. The molecule has 2 unspecified atom stereocenters. The number of benzene rings is 1. The van der Waals surface area contributed by atoms with Crippen LogP contribution in [0.5, 0.6) is 0 Å². The lowest BCUT2D eigenvalue weighted by Crippen LogP contribution is -2.36. The summed E-state index contributed by atoms with van der Waals surface area (Å²) in [5.74, 6) is 0. The molecular weight excluding hydrogens is 226 g/mol. The summed E-state index contributed by atoms with van der Waals surface area (Å²) in [6, 6.07) is 12.3. The molecule has 2 N–H and O–H groups in total. The Morgan fingerprint density at radius 2 is 2.00 bits per heavy atom. The molecule has 0 aliphatic heterocycles. The zero-order valence-corrected chi connectivity index (χ0v) is 10.5. The third kappa shape index (κ3) is 3.45. The molecule has 1 aromatic heterocycles. The second kappa shape index (κ2) is 6.38. The van der Waals surface area contributed by atoms with Gasteiger partial charge in [0.1, 0.15) is 0 Å². The van der Waals surface area contributed by atoms with Crippen LogP contribution in [-0.4, -0.2) is 17.8 Å². The summed E-state index contributed by atoms with van der Waals surface area (Å²) >= 11 is 0. The smallest absolute Gasteiger partial charge is 0.0950 e. The molecule has 0 radical (unpaired) electrons. The van der Waals surface area contributed by atoms with E-state index in [4.69, 9.17) is 4.42 Å². The number of hydrogen-bond donors (Lipinski definition) is 2. The lowest BCUT2D eigenvalue weighted by Gasteiger charge is -2.21. The largest absolute Gasteiger partial charge is 0.472 e. The van der Waals surface area contributed by atoms with Crippen molar-refractivity contribution < 1.29 is 9.52 Å². The van der Waals surface area contributed by atoms with Gasteiger partial charge in [0.25, 0.3) is 0 Å². The highest BCUT2D eigenvalue weighted by molar-refractivity contribution is 5.16. The average Bonchev–Trinajstić information content (AvgIpc) is 2.93. The van der Waals surface area contributed by atoms with E-state index in [1.54, 1.807) is 12.5 Å². The Bertz CT molecular complexity index is 439. The standard InChI is InChI=1S/C15H19NO2/c1-12(14-7-8-18-11-14)16-15(10-17)9-13-5-3-2-4-6-13/h2-8,11-12,15-17H,9-10H2,1H3. The molecular formula is C15H19NO2. The molecule has 2 rings (SSSR count). The van der Waals surface area contributed by atoms with E-state index in [1.807, 2.05) is 24.3 Å². The first-order valence-corrected chi connectivity index (χ1v) is 6.22. The Morgan fingerprint density at radius 3 is 2.61 bits per heavy atom. The molecule has 0 bridgehead atoms. The van der Waals surface area contributed by atoms with Crippen molar-refractivity contribution in [3.05, 3.63) is 60.1 Å². The third-order valence-corrected chi connectivity index (χ3v) is 3.07. The fourth-order valence-corrected chi connectivity index (χ4v) is 2.05. The highest BCUT2D eigenvalue weighted by Gasteiger charge is 2.13. The molecule has 1 heterocycles. The van der Waals surface area contributed by atoms with Gasteiger partial charge in [-0.1, -0.05) is 30.3 Å². The van der Waals surface area contributed by atoms with Crippen molar-refractivity contribution in [3.8, 4) is 0 Å². The van der Waals surface area contributed by atoms with Crippen LogP contribution in [0.1, 0.15) is 24.1 Å². The molecule has 2 aromatic rings. The van der Waals surface area contributed by atoms with Crippen molar-refractivity contribution >= 4 is 0 Å². The van der Waals surface area contributed by atoms with Crippen molar-refractivity contribution in [1.82, 2.24) is 5.32 Å². The summed E-state index contributed by atoms with van der Waals surface area (Å²) in [4.78, 5) is 0. The molecule has 3 nitrogen and oxygen atoms in total. The van der Waals surface area contributed by atoms with Gasteiger partial charge >= 0.3 is 0 Å². The molecule has 96 valence electrons. The highest BCUT2D eigenvalue weighted by atomic mass is 16.3. The first kappa shape index (κ1) is 12.9. The summed E-state index contributed by atoms with van der Waals surface area (Å²) in [5.41, 5.74) is 2.32. The van der Waals surface area contributed by atoms with Gasteiger partial charge in [0, 0.05) is 17.6 Å². The molecule has 0 aliphatic rings. The van der Waals surface area contributed by atoms with Crippen molar-refractivity contribution in [2.24, 2.45) is 0 Å². The maximum atomic E-state index is 9.45. The van der Waals surface area contributed by atoms with E-state index < -0.39 is 0 Å². The van der Waals surface area contributed by atoms with Gasteiger partial charge in [-0.05, 0) is 25.0 Å². The van der Waals surface area contributed by atoms with Gasteiger partial charge in [0.15, 0.2) is 0 Å². The van der Waals surface area contributed by atoms with Gasteiger partial charge in [-0.2, -0.15) is 0 Å². The van der Waals surface area contributed by atoms with Crippen LogP contribution >= 0.6 is 0 Å². The van der Waals surface area contributed by atoms with Gasteiger partial charge in [-0.25, -0.2) is 0 Å². The number of furan rings is 1. The second-order valence-corrected chi connectivity index (χ2v) is 4.51. The first-order valence-electron chi connectivity index (χ1n) is 6.22. The minimum atomic E-state index is 0.0531. The lowest BCUT2D eigenvalue weighted by atomic mass is 10.0. The van der Waals surface area contributed by atoms with Crippen LogP contribution in [0.15, 0.2) is 53.3 Å². The second-order valence-electron chi connectivity index (χ2n) is 4.51. The maximum absolute atomic E-state index is 9.45. The summed E-state index contributed by atoms with van der Waals surface area (Å²) in [6.45, 7) is 2.19. The average molecular weight is 245 g/mol. The minimum absolute atomic E-state index is 0.0531. The monoisotopic (exact) mass is 245 g/mol. The van der Waals surface area contributed by atoms with Crippen molar-refractivity contribution in [2.75, 3.05) is 6.61 Å². The van der Waals surface area contributed by atoms with Crippen LogP contribution in [0.25, 0.3) is 0 Å². The Kier molecular flexibility index (Phi) is 4.56. The third-order valence-electron chi connectivity index (χ3n) is 3.07. The lowest BCUT2D eigenvalue weighted by molar-refractivity contribution is 0.232. The van der Waals surface area contributed by atoms with E-state index in [0.717, 1.165) is 12.0 Å². The normalized spacial score (nSPS) is 14.3. The van der Waals surface area contributed by atoms with Crippen LogP contribution in [0.4, 0.5) is 0 Å². The van der Waals surface area contributed by atoms with Crippen LogP contribution in [0.3, 0.4) is 0 Å². The summed E-state index contributed by atoms with van der Waals surface area (Å²) in [5, 5.41) is 12.9. The Morgan fingerprint density at radius 1 is 1.22 bits per heavy atom. The zero-order chi connectivity index (χ0) is 12.8. The van der Waals surface area contributed by atoms with E-state index >= 15 is 0 Å². The van der Waals surface area contributed by atoms with E-state index in [0.29, 0.717) is 0 Å². The van der Waals surface area contributed by atoms with Gasteiger partial charge in [0.2, 0.25) is 0 Å². The van der Waals surface area contributed by atoms with Gasteiger partial charge in [0.05, 0.1) is 19.1 Å². The number of aliphatic hydroxyl groups excluding tert-OH is 1. The van der Waals surface area contributed by atoms with Crippen molar-refractivity contribution in [1.29, 1.82) is 0 Å². The van der Waals surface area contributed by atoms with Gasteiger partial charge in [-0.3, -0.25) is 0 Å². The molecule has 0 amide bonds. The predicted octanol–water partition coefficient (Wildman–Crippen LogP) is 2.53. The summed E-state index contributed by atoms with van der Waals surface area (Å²) in [7, 11) is 0. The predicted molar refractivity (Wildman–Crippen MR) is 71.3 cm³/mol. The van der Waals surface area contributed by atoms with Crippen molar-refractivity contribution in [2.45, 2.75) is 25.4 Å². The Hall–Kier alpha value is -1.58. The van der Waals surface area contributed by atoms with Crippen LogP contribution in [0.2, 0.25) is 0 Å². The zero-order valence-electron chi connectivity index (χ0n) is 10.5. The van der Waals surface area contributed by atoms with Gasteiger partial charge < -0.3 is 14.8 Å². The molecule has 0 aliphatic carbocycles. The molecule has 2 atom stereocenters. The van der Waals surface area contributed by atoms with E-state index in [9.17, 15) is 5.11 Å². The molecule has 18 heavy (non-hydrogen) atoms. The summed E-state index contributed by atoms with van der Waals surface area (Å²) in [6.07, 6.45) is 4.22.